The maximum absolute atomic E-state index is 13.0. The molecule has 2 rings (SSSR count). The molecule has 120 valence electrons. The molecule has 6 nitrogen and oxygen atoms in total. The molecule has 2 aliphatic heterocycles. The van der Waals surface area contributed by atoms with Crippen molar-refractivity contribution < 1.29 is 14.3 Å². The van der Waals surface area contributed by atoms with Crippen molar-refractivity contribution in [3.05, 3.63) is 0 Å². The van der Waals surface area contributed by atoms with E-state index in [-0.39, 0.29) is 17.2 Å². The molecule has 0 spiro atoms. The lowest BCUT2D eigenvalue weighted by Crippen LogP contribution is -2.59. The topological polar surface area (TPSA) is 70.7 Å². The molecule has 2 saturated heterocycles. The van der Waals surface area contributed by atoms with E-state index in [1.807, 2.05) is 6.92 Å². The molecule has 6 heteroatoms. The molecule has 2 amide bonds. The zero-order valence-corrected chi connectivity index (χ0v) is 13.1. The van der Waals surface area contributed by atoms with E-state index >= 15 is 0 Å². The van der Waals surface area contributed by atoms with E-state index in [1.165, 1.54) is 0 Å². The Morgan fingerprint density at radius 1 is 1.43 bits per heavy atom. The molecular formula is C15H27N3O3. The number of carbonyl (C=O) groups excluding carboxylic acids is 2. The van der Waals surface area contributed by atoms with Crippen LogP contribution < -0.4 is 10.6 Å². The number of ether oxygens (including phenoxy) is 1. The van der Waals surface area contributed by atoms with Gasteiger partial charge in [0.05, 0.1) is 18.6 Å². The Labute approximate surface area is 126 Å². The van der Waals surface area contributed by atoms with Crippen LogP contribution in [0.3, 0.4) is 0 Å². The van der Waals surface area contributed by atoms with Gasteiger partial charge in [-0.25, -0.2) is 0 Å². The van der Waals surface area contributed by atoms with E-state index in [1.54, 1.807) is 4.90 Å². The molecule has 2 atom stereocenters. The van der Waals surface area contributed by atoms with Crippen LogP contribution in [0.4, 0.5) is 0 Å². The molecule has 0 radical (unpaired) electrons. The number of morpholine rings is 1. The fourth-order valence-electron chi connectivity index (χ4n) is 3.11. The van der Waals surface area contributed by atoms with Crippen LogP contribution in [-0.2, 0) is 14.3 Å². The number of rotatable bonds is 5. The maximum atomic E-state index is 13.0. The summed E-state index contributed by atoms with van der Waals surface area (Å²) < 4.78 is 5.42. The molecular weight excluding hydrogens is 270 g/mol. The first-order valence-electron chi connectivity index (χ1n) is 8.02. The van der Waals surface area contributed by atoms with E-state index in [9.17, 15) is 9.59 Å². The minimum atomic E-state index is -0.484. The minimum Gasteiger partial charge on any atom is -0.377 e. The summed E-state index contributed by atoms with van der Waals surface area (Å²) in [5.41, 5.74) is -0.347. The van der Waals surface area contributed by atoms with Crippen LogP contribution in [0.15, 0.2) is 0 Å². The van der Waals surface area contributed by atoms with E-state index in [2.05, 4.69) is 17.6 Å². The second-order valence-corrected chi connectivity index (χ2v) is 5.94. The lowest BCUT2D eigenvalue weighted by molar-refractivity contribution is -0.156. The first-order chi connectivity index (χ1) is 10.1. The number of hydrogen-bond donors (Lipinski definition) is 2. The van der Waals surface area contributed by atoms with Crippen LogP contribution in [-0.4, -0.2) is 62.1 Å². The number of nitrogens with one attached hydrogen (secondary N) is 2. The molecule has 0 aromatic heterocycles. The van der Waals surface area contributed by atoms with Crippen molar-refractivity contribution in [2.45, 2.75) is 39.2 Å². The summed E-state index contributed by atoms with van der Waals surface area (Å²) in [6, 6.07) is -0.484. The average Bonchev–Trinajstić information content (AvgIpc) is 3.02. The first-order valence-corrected chi connectivity index (χ1v) is 8.02. The van der Waals surface area contributed by atoms with Crippen molar-refractivity contribution in [3.8, 4) is 0 Å². The molecule has 2 heterocycles. The second kappa shape index (κ2) is 7.22. The standard InChI is InChI=1S/C15H27N3O3/c1-3-6-17-13(19)12-10-21-9-8-18(12)14(20)15(4-2)5-7-16-11-15/h12,16H,3-11H2,1-2H3,(H,17,19). The second-order valence-electron chi connectivity index (χ2n) is 5.94. The summed E-state index contributed by atoms with van der Waals surface area (Å²) in [4.78, 5) is 27.0. The predicted octanol–water partition coefficient (Wildman–Crippen LogP) is 0.130. The van der Waals surface area contributed by atoms with Crippen molar-refractivity contribution in [1.29, 1.82) is 0 Å². The number of carbonyl (C=O) groups is 2. The Morgan fingerprint density at radius 3 is 2.86 bits per heavy atom. The summed E-state index contributed by atoms with van der Waals surface area (Å²) in [5.74, 6) is 0.0112. The minimum absolute atomic E-state index is 0.0953. The van der Waals surface area contributed by atoms with Crippen molar-refractivity contribution in [1.82, 2.24) is 15.5 Å². The summed E-state index contributed by atoms with van der Waals surface area (Å²) in [6.07, 6.45) is 2.54. The summed E-state index contributed by atoms with van der Waals surface area (Å²) in [5, 5.41) is 6.16. The highest BCUT2D eigenvalue weighted by Gasteiger charge is 2.45. The van der Waals surface area contributed by atoms with E-state index in [0.717, 1.165) is 25.8 Å². The molecule has 0 bridgehead atoms. The third kappa shape index (κ3) is 3.37. The van der Waals surface area contributed by atoms with Gasteiger partial charge in [0.15, 0.2) is 0 Å². The number of amides is 2. The van der Waals surface area contributed by atoms with Gasteiger partial charge in [-0.15, -0.1) is 0 Å². The van der Waals surface area contributed by atoms with Gasteiger partial charge < -0.3 is 20.3 Å². The largest absolute Gasteiger partial charge is 0.377 e. The molecule has 0 aromatic carbocycles. The van der Waals surface area contributed by atoms with Crippen molar-refractivity contribution in [2.24, 2.45) is 5.41 Å². The van der Waals surface area contributed by atoms with Crippen molar-refractivity contribution in [3.63, 3.8) is 0 Å². The third-order valence-electron chi connectivity index (χ3n) is 4.62. The predicted molar refractivity (Wildman–Crippen MR) is 79.8 cm³/mol. The van der Waals surface area contributed by atoms with Gasteiger partial charge in [-0.3, -0.25) is 9.59 Å². The quantitative estimate of drug-likeness (QED) is 0.757. The summed E-state index contributed by atoms with van der Waals surface area (Å²) in [7, 11) is 0. The van der Waals surface area contributed by atoms with Gasteiger partial charge in [0.1, 0.15) is 6.04 Å². The van der Waals surface area contributed by atoms with Crippen LogP contribution in [0, 0.1) is 5.41 Å². The lowest BCUT2D eigenvalue weighted by atomic mass is 9.82. The van der Waals surface area contributed by atoms with E-state index in [4.69, 9.17) is 4.74 Å². The van der Waals surface area contributed by atoms with E-state index < -0.39 is 6.04 Å². The highest BCUT2D eigenvalue weighted by atomic mass is 16.5. The monoisotopic (exact) mass is 297 g/mol. The Balaban J connectivity index is 2.10. The number of hydrogen-bond acceptors (Lipinski definition) is 4. The summed E-state index contributed by atoms with van der Waals surface area (Å²) in [6.45, 7) is 7.60. The van der Waals surface area contributed by atoms with Crippen LogP contribution >= 0.6 is 0 Å². The normalized spacial score (nSPS) is 29.4. The molecule has 0 aliphatic carbocycles. The molecule has 2 aliphatic rings. The third-order valence-corrected chi connectivity index (χ3v) is 4.62. The van der Waals surface area contributed by atoms with Crippen LogP contribution in [0.2, 0.25) is 0 Å². The van der Waals surface area contributed by atoms with Gasteiger partial charge in [0.25, 0.3) is 0 Å². The SMILES string of the molecule is CCCNC(=O)C1COCCN1C(=O)C1(CC)CCNC1. The number of nitrogens with zero attached hydrogens (tertiary/aromatic N) is 1. The van der Waals surface area contributed by atoms with Gasteiger partial charge in [0, 0.05) is 19.6 Å². The van der Waals surface area contributed by atoms with Crippen LogP contribution in [0.25, 0.3) is 0 Å². The van der Waals surface area contributed by atoms with Gasteiger partial charge in [0.2, 0.25) is 11.8 Å². The molecule has 0 saturated carbocycles. The molecule has 2 fully saturated rings. The average molecular weight is 297 g/mol. The van der Waals surface area contributed by atoms with Crippen molar-refractivity contribution >= 4 is 11.8 Å². The van der Waals surface area contributed by atoms with Gasteiger partial charge in [-0.1, -0.05) is 13.8 Å². The van der Waals surface area contributed by atoms with Gasteiger partial charge in [-0.2, -0.15) is 0 Å². The Bertz CT molecular complexity index is 380. The fourth-order valence-corrected chi connectivity index (χ4v) is 3.11. The Hall–Kier alpha value is -1.14. The zero-order valence-electron chi connectivity index (χ0n) is 13.1. The van der Waals surface area contributed by atoms with Gasteiger partial charge >= 0.3 is 0 Å². The van der Waals surface area contributed by atoms with E-state index in [0.29, 0.717) is 32.8 Å². The highest BCUT2D eigenvalue weighted by Crippen LogP contribution is 2.33. The lowest BCUT2D eigenvalue weighted by Gasteiger charge is -2.40. The maximum Gasteiger partial charge on any atom is 0.245 e. The Kier molecular flexibility index (Phi) is 5.58. The highest BCUT2D eigenvalue weighted by molar-refractivity contribution is 5.90. The molecule has 21 heavy (non-hydrogen) atoms. The van der Waals surface area contributed by atoms with Crippen molar-refractivity contribution in [2.75, 3.05) is 39.4 Å². The summed E-state index contributed by atoms with van der Waals surface area (Å²) >= 11 is 0. The smallest absolute Gasteiger partial charge is 0.245 e. The fraction of sp³-hybridized carbons (Fsp3) is 0.867. The Morgan fingerprint density at radius 2 is 2.24 bits per heavy atom. The first kappa shape index (κ1) is 16.2. The molecule has 0 aromatic rings. The molecule has 2 unspecified atom stereocenters. The zero-order chi connectivity index (χ0) is 15.3. The van der Waals surface area contributed by atoms with Crippen LogP contribution in [0.5, 0.6) is 0 Å². The molecule has 2 N–H and O–H groups in total. The van der Waals surface area contributed by atoms with Gasteiger partial charge in [-0.05, 0) is 25.8 Å². The van der Waals surface area contributed by atoms with Crippen LogP contribution in [0.1, 0.15) is 33.1 Å².